The Balaban J connectivity index is 2.65. The van der Waals surface area contributed by atoms with Crippen LogP contribution >= 0.6 is 0 Å². The van der Waals surface area contributed by atoms with Crippen LogP contribution in [0, 0.1) is 0 Å². The van der Waals surface area contributed by atoms with Gasteiger partial charge in [-0.15, -0.1) is 0 Å². The molecule has 0 aromatic heterocycles. The molecule has 2 unspecified atom stereocenters. The van der Waals surface area contributed by atoms with Crippen LogP contribution in [0.1, 0.15) is 26.2 Å². The van der Waals surface area contributed by atoms with Crippen LogP contribution in [0.5, 0.6) is 0 Å². The Labute approximate surface area is 78.7 Å². The number of rotatable bonds is 3. The second-order valence-electron chi connectivity index (χ2n) is 3.54. The highest BCUT2D eigenvalue weighted by atomic mass is 32.2. The highest BCUT2D eigenvalue weighted by Crippen LogP contribution is 2.22. The normalized spacial score (nSPS) is 27.8. The van der Waals surface area contributed by atoms with E-state index in [1.54, 1.807) is 6.92 Å². The molecule has 0 saturated carbocycles. The van der Waals surface area contributed by atoms with Crippen LogP contribution in [0.25, 0.3) is 0 Å². The Bertz CT molecular complexity index is 263. The molecular weight excluding hydrogens is 192 g/mol. The summed E-state index contributed by atoms with van der Waals surface area (Å²) in [5, 5.41) is 14.2. The van der Waals surface area contributed by atoms with Crippen molar-refractivity contribution in [3.63, 3.8) is 0 Å². The Kier molecular flexibility index (Phi) is 3.28. The summed E-state index contributed by atoms with van der Waals surface area (Å²) in [7, 11) is -3.58. The zero-order valence-electron chi connectivity index (χ0n) is 7.68. The Morgan fingerprint density at radius 1 is 1.69 bits per heavy atom. The van der Waals surface area contributed by atoms with E-state index < -0.39 is 16.3 Å². The molecule has 1 saturated heterocycles. The standard InChI is InChI=1S/C7H16N2O3S/c1-6(10)5-7-3-2-4-9(7)13(8,11)12/h6-7,10H,2-5H2,1H3,(H2,8,11,12). The van der Waals surface area contributed by atoms with E-state index in [2.05, 4.69) is 0 Å². The molecule has 1 fully saturated rings. The molecule has 1 heterocycles. The number of nitrogens with two attached hydrogens (primary N) is 1. The van der Waals surface area contributed by atoms with Crippen molar-refractivity contribution in [1.29, 1.82) is 0 Å². The lowest BCUT2D eigenvalue weighted by atomic mass is 10.1. The third-order valence-electron chi connectivity index (χ3n) is 2.26. The van der Waals surface area contributed by atoms with Crippen molar-refractivity contribution in [3.05, 3.63) is 0 Å². The van der Waals surface area contributed by atoms with Crippen molar-refractivity contribution in [2.45, 2.75) is 38.3 Å². The maximum absolute atomic E-state index is 11.0. The number of aliphatic hydroxyl groups excluding tert-OH is 1. The van der Waals surface area contributed by atoms with Crippen molar-refractivity contribution < 1.29 is 13.5 Å². The van der Waals surface area contributed by atoms with Gasteiger partial charge in [-0.05, 0) is 26.2 Å². The van der Waals surface area contributed by atoms with Crippen LogP contribution in [0.15, 0.2) is 0 Å². The van der Waals surface area contributed by atoms with Gasteiger partial charge >= 0.3 is 0 Å². The van der Waals surface area contributed by atoms with E-state index >= 15 is 0 Å². The van der Waals surface area contributed by atoms with Crippen LogP contribution < -0.4 is 5.14 Å². The van der Waals surface area contributed by atoms with E-state index in [-0.39, 0.29) is 6.04 Å². The van der Waals surface area contributed by atoms with Crippen molar-refractivity contribution in [2.75, 3.05) is 6.54 Å². The molecule has 0 spiro atoms. The SMILES string of the molecule is CC(O)CC1CCCN1S(N)(=O)=O. The molecule has 0 radical (unpaired) electrons. The van der Waals surface area contributed by atoms with Gasteiger partial charge < -0.3 is 5.11 Å². The van der Waals surface area contributed by atoms with Gasteiger partial charge in [0, 0.05) is 12.6 Å². The maximum Gasteiger partial charge on any atom is 0.277 e. The molecule has 2 atom stereocenters. The van der Waals surface area contributed by atoms with E-state index in [0.29, 0.717) is 13.0 Å². The first kappa shape index (κ1) is 10.9. The minimum Gasteiger partial charge on any atom is -0.393 e. The fourth-order valence-corrected chi connectivity index (χ4v) is 2.76. The molecule has 5 nitrogen and oxygen atoms in total. The highest BCUT2D eigenvalue weighted by Gasteiger charge is 2.32. The summed E-state index contributed by atoms with van der Waals surface area (Å²) in [5.74, 6) is 0. The predicted octanol–water partition coefficient (Wildman–Crippen LogP) is -0.575. The molecule has 1 aliphatic heterocycles. The number of aliphatic hydroxyl groups is 1. The number of hydrogen-bond donors (Lipinski definition) is 2. The maximum atomic E-state index is 11.0. The summed E-state index contributed by atoms with van der Waals surface area (Å²) < 4.78 is 23.4. The zero-order valence-corrected chi connectivity index (χ0v) is 8.50. The first-order chi connectivity index (χ1) is 5.91. The van der Waals surface area contributed by atoms with E-state index in [4.69, 9.17) is 10.2 Å². The van der Waals surface area contributed by atoms with E-state index in [1.165, 1.54) is 4.31 Å². The molecule has 1 rings (SSSR count). The van der Waals surface area contributed by atoms with Crippen LogP contribution in [0.3, 0.4) is 0 Å². The molecule has 6 heteroatoms. The van der Waals surface area contributed by atoms with E-state index in [9.17, 15) is 8.42 Å². The van der Waals surface area contributed by atoms with Gasteiger partial charge in [-0.3, -0.25) is 0 Å². The third kappa shape index (κ3) is 2.91. The first-order valence-corrected chi connectivity index (χ1v) is 5.89. The lowest BCUT2D eigenvalue weighted by Crippen LogP contribution is -2.41. The van der Waals surface area contributed by atoms with Gasteiger partial charge in [0.05, 0.1) is 6.10 Å². The van der Waals surface area contributed by atoms with Crippen molar-refractivity contribution >= 4 is 10.2 Å². The Morgan fingerprint density at radius 2 is 2.31 bits per heavy atom. The molecule has 0 bridgehead atoms. The summed E-state index contributed by atoms with van der Waals surface area (Å²) in [5.41, 5.74) is 0. The minimum atomic E-state index is -3.58. The van der Waals surface area contributed by atoms with Gasteiger partial charge in [-0.25, -0.2) is 5.14 Å². The molecule has 0 amide bonds. The zero-order chi connectivity index (χ0) is 10.1. The lowest BCUT2D eigenvalue weighted by Gasteiger charge is -2.22. The number of hydrogen-bond acceptors (Lipinski definition) is 3. The average Bonchev–Trinajstić information content (AvgIpc) is 2.31. The highest BCUT2D eigenvalue weighted by molar-refractivity contribution is 7.86. The van der Waals surface area contributed by atoms with Crippen LogP contribution in [-0.4, -0.2) is 36.5 Å². The van der Waals surface area contributed by atoms with Gasteiger partial charge in [0.1, 0.15) is 0 Å². The number of nitrogens with zero attached hydrogens (tertiary/aromatic N) is 1. The van der Waals surface area contributed by atoms with Crippen LogP contribution in [-0.2, 0) is 10.2 Å². The minimum absolute atomic E-state index is 0.116. The Hall–Kier alpha value is -0.170. The molecule has 0 aliphatic carbocycles. The molecule has 3 N–H and O–H groups in total. The van der Waals surface area contributed by atoms with Gasteiger partial charge in [-0.1, -0.05) is 0 Å². The van der Waals surface area contributed by atoms with Crippen LogP contribution in [0.2, 0.25) is 0 Å². The summed E-state index contributed by atoms with van der Waals surface area (Å²) in [6.07, 6.45) is 1.61. The molecule has 78 valence electrons. The topological polar surface area (TPSA) is 83.6 Å². The fraction of sp³-hybridized carbons (Fsp3) is 1.00. The van der Waals surface area contributed by atoms with Gasteiger partial charge in [0.2, 0.25) is 0 Å². The van der Waals surface area contributed by atoms with E-state index in [1.807, 2.05) is 0 Å². The fourth-order valence-electron chi connectivity index (χ4n) is 1.77. The molecular formula is C7H16N2O3S. The van der Waals surface area contributed by atoms with Crippen molar-refractivity contribution in [2.24, 2.45) is 5.14 Å². The monoisotopic (exact) mass is 208 g/mol. The quantitative estimate of drug-likeness (QED) is 0.651. The lowest BCUT2D eigenvalue weighted by molar-refractivity contribution is 0.158. The van der Waals surface area contributed by atoms with Crippen molar-refractivity contribution in [1.82, 2.24) is 4.31 Å². The second kappa shape index (κ2) is 3.91. The van der Waals surface area contributed by atoms with E-state index in [0.717, 1.165) is 12.8 Å². The largest absolute Gasteiger partial charge is 0.393 e. The molecule has 1 aliphatic rings. The van der Waals surface area contributed by atoms with Crippen molar-refractivity contribution in [3.8, 4) is 0 Å². The summed E-state index contributed by atoms with van der Waals surface area (Å²) in [6, 6.07) is -0.116. The average molecular weight is 208 g/mol. The summed E-state index contributed by atoms with van der Waals surface area (Å²) in [4.78, 5) is 0. The second-order valence-corrected chi connectivity index (χ2v) is 5.04. The van der Waals surface area contributed by atoms with Gasteiger partial charge in [0.15, 0.2) is 0 Å². The first-order valence-electron chi connectivity index (χ1n) is 4.39. The summed E-state index contributed by atoms with van der Waals surface area (Å²) in [6.45, 7) is 2.13. The Morgan fingerprint density at radius 3 is 2.77 bits per heavy atom. The molecule has 0 aromatic carbocycles. The smallest absolute Gasteiger partial charge is 0.277 e. The molecule has 0 aromatic rings. The van der Waals surface area contributed by atoms with Gasteiger partial charge in [-0.2, -0.15) is 12.7 Å². The molecule has 13 heavy (non-hydrogen) atoms. The summed E-state index contributed by atoms with van der Waals surface area (Å²) >= 11 is 0. The van der Waals surface area contributed by atoms with Crippen LogP contribution in [0.4, 0.5) is 0 Å². The predicted molar refractivity (Wildman–Crippen MR) is 49.1 cm³/mol. The third-order valence-corrected chi connectivity index (χ3v) is 3.40. The van der Waals surface area contributed by atoms with Gasteiger partial charge in [0.25, 0.3) is 10.2 Å².